The van der Waals surface area contributed by atoms with Crippen molar-refractivity contribution in [2.24, 2.45) is 0 Å². The topological polar surface area (TPSA) is 80.5 Å². The Kier molecular flexibility index (Phi) is 5.68. The van der Waals surface area contributed by atoms with Crippen molar-refractivity contribution >= 4 is 28.2 Å². The molecule has 35 heavy (non-hydrogen) atoms. The fourth-order valence-corrected chi connectivity index (χ4v) is 5.20. The Morgan fingerprint density at radius 2 is 1.91 bits per heavy atom. The van der Waals surface area contributed by atoms with Gasteiger partial charge in [-0.25, -0.2) is 4.39 Å². The summed E-state index contributed by atoms with van der Waals surface area (Å²) in [5.41, 5.74) is 4.82. The zero-order chi connectivity index (χ0) is 23.9. The minimum Gasteiger partial charge on any atom is -0.384 e. The van der Waals surface area contributed by atoms with Crippen LogP contribution in [-0.4, -0.2) is 54.6 Å². The summed E-state index contributed by atoms with van der Waals surface area (Å²) in [6.45, 7) is 4.98. The number of benzene rings is 2. The van der Waals surface area contributed by atoms with Crippen molar-refractivity contribution in [2.45, 2.75) is 38.3 Å². The number of nitrogens with zero attached hydrogens (tertiary/aromatic N) is 2. The second-order valence-electron chi connectivity index (χ2n) is 9.89. The molecule has 3 heterocycles. The van der Waals surface area contributed by atoms with Gasteiger partial charge in [-0.05, 0) is 55.5 Å². The van der Waals surface area contributed by atoms with E-state index in [0.717, 1.165) is 98.4 Å². The van der Waals surface area contributed by atoms with Crippen molar-refractivity contribution < 1.29 is 9.18 Å². The second kappa shape index (κ2) is 9.00. The van der Waals surface area contributed by atoms with Gasteiger partial charge in [-0.2, -0.15) is 0 Å². The van der Waals surface area contributed by atoms with E-state index < -0.39 is 5.82 Å². The molecule has 0 spiro atoms. The number of H-pyrrole nitrogens is 1. The predicted octanol–water partition coefficient (Wildman–Crippen LogP) is 3.24. The number of halogens is 1. The minimum atomic E-state index is -0.468. The SMILES string of the molecule is O=C(NC1CC1)c1ccc(N2CCN(Cc3ccc4c5c(c(=O)[nH]c4c3)CCCN5)CC2)cc1F. The molecule has 8 heteroatoms. The molecule has 6 rings (SSSR count). The summed E-state index contributed by atoms with van der Waals surface area (Å²) in [6.07, 6.45) is 3.76. The maximum atomic E-state index is 14.6. The van der Waals surface area contributed by atoms with Crippen molar-refractivity contribution in [3.8, 4) is 0 Å². The Hall–Kier alpha value is -3.39. The molecule has 0 radical (unpaired) electrons. The zero-order valence-corrected chi connectivity index (χ0v) is 19.7. The Morgan fingerprint density at radius 1 is 1.09 bits per heavy atom. The number of fused-ring (bicyclic) bond motifs is 3. The van der Waals surface area contributed by atoms with Gasteiger partial charge >= 0.3 is 0 Å². The summed E-state index contributed by atoms with van der Waals surface area (Å²) in [5, 5.41) is 7.33. The number of rotatable bonds is 5. The van der Waals surface area contributed by atoms with E-state index >= 15 is 0 Å². The molecule has 1 saturated carbocycles. The third-order valence-corrected chi connectivity index (χ3v) is 7.34. The van der Waals surface area contributed by atoms with Crippen molar-refractivity contribution in [3.05, 3.63) is 69.3 Å². The average Bonchev–Trinajstić information content (AvgIpc) is 3.68. The van der Waals surface area contributed by atoms with Gasteiger partial charge in [0.25, 0.3) is 11.5 Å². The first-order valence-electron chi connectivity index (χ1n) is 12.5. The van der Waals surface area contributed by atoms with Crippen molar-refractivity contribution in [2.75, 3.05) is 42.9 Å². The standard InChI is InChI=1S/C27H30FN5O2/c28-23-15-19(6-8-20(23)26(34)30-18-4-5-18)33-12-10-32(11-13-33)16-17-3-7-21-24(14-17)31-27(35)22-2-1-9-29-25(21)22/h3,6-8,14-15,18,29H,1-2,4-5,9-13,16H2,(H,30,34)(H,31,35). The van der Waals surface area contributed by atoms with Crippen molar-refractivity contribution in [1.29, 1.82) is 0 Å². The molecule has 1 aliphatic carbocycles. The number of pyridine rings is 1. The highest BCUT2D eigenvalue weighted by atomic mass is 19.1. The molecule has 2 fully saturated rings. The summed E-state index contributed by atoms with van der Waals surface area (Å²) in [4.78, 5) is 32.3. The monoisotopic (exact) mass is 475 g/mol. The van der Waals surface area contributed by atoms with Crippen molar-refractivity contribution in [3.63, 3.8) is 0 Å². The van der Waals surface area contributed by atoms with E-state index in [1.807, 2.05) is 6.07 Å². The molecule has 7 nitrogen and oxygen atoms in total. The van der Waals surface area contributed by atoms with Gasteiger partial charge in [-0.15, -0.1) is 0 Å². The van der Waals surface area contributed by atoms with Crippen LogP contribution in [0.2, 0.25) is 0 Å². The molecular weight excluding hydrogens is 445 g/mol. The zero-order valence-electron chi connectivity index (χ0n) is 19.7. The lowest BCUT2D eigenvalue weighted by molar-refractivity contribution is 0.0947. The van der Waals surface area contributed by atoms with Crippen LogP contribution in [0, 0.1) is 5.82 Å². The highest BCUT2D eigenvalue weighted by molar-refractivity contribution is 5.95. The lowest BCUT2D eigenvalue weighted by atomic mass is 10.0. The van der Waals surface area contributed by atoms with Gasteiger partial charge in [0.2, 0.25) is 0 Å². The van der Waals surface area contributed by atoms with Crippen LogP contribution in [0.3, 0.4) is 0 Å². The van der Waals surface area contributed by atoms with Crippen LogP contribution in [0.15, 0.2) is 41.2 Å². The summed E-state index contributed by atoms with van der Waals surface area (Å²) in [6, 6.07) is 11.5. The molecule has 1 saturated heterocycles. The Labute approximate surface area is 203 Å². The van der Waals surface area contributed by atoms with Gasteiger partial charge in [0, 0.05) is 61.9 Å². The smallest absolute Gasteiger partial charge is 0.254 e. The van der Waals surface area contributed by atoms with Crippen LogP contribution in [0.4, 0.5) is 15.8 Å². The first-order chi connectivity index (χ1) is 17.0. The number of amides is 1. The minimum absolute atomic E-state index is 0.00809. The molecule has 0 atom stereocenters. The van der Waals surface area contributed by atoms with Crippen LogP contribution >= 0.6 is 0 Å². The van der Waals surface area contributed by atoms with Gasteiger partial charge in [0.05, 0.1) is 16.8 Å². The third-order valence-electron chi connectivity index (χ3n) is 7.34. The molecular formula is C27H30FN5O2. The van der Waals surface area contributed by atoms with Gasteiger partial charge in [0.15, 0.2) is 0 Å². The normalized spacial score (nSPS) is 18.3. The molecule has 1 aromatic heterocycles. The maximum Gasteiger partial charge on any atom is 0.254 e. The van der Waals surface area contributed by atoms with Crippen LogP contribution in [0.1, 0.15) is 40.7 Å². The van der Waals surface area contributed by atoms with Gasteiger partial charge in [0.1, 0.15) is 5.82 Å². The Morgan fingerprint density at radius 3 is 2.69 bits per heavy atom. The molecule has 3 aliphatic rings. The van der Waals surface area contributed by atoms with Crippen LogP contribution in [0.5, 0.6) is 0 Å². The van der Waals surface area contributed by atoms with Crippen LogP contribution in [-0.2, 0) is 13.0 Å². The molecule has 3 N–H and O–H groups in total. The van der Waals surface area contributed by atoms with Crippen LogP contribution in [0.25, 0.3) is 10.9 Å². The average molecular weight is 476 g/mol. The van der Waals surface area contributed by atoms with E-state index in [2.05, 4.69) is 43.6 Å². The van der Waals surface area contributed by atoms with E-state index in [9.17, 15) is 14.0 Å². The number of carbonyl (C=O) groups is 1. The molecule has 1 amide bonds. The molecule has 0 bridgehead atoms. The quantitative estimate of drug-likeness (QED) is 0.528. The van der Waals surface area contributed by atoms with E-state index in [4.69, 9.17) is 0 Å². The lowest BCUT2D eigenvalue weighted by Crippen LogP contribution is -2.46. The molecule has 3 aromatic rings. The Bertz CT molecular complexity index is 1340. The fraction of sp³-hybridized carbons (Fsp3) is 0.407. The molecule has 2 aromatic carbocycles. The fourth-order valence-electron chi connectivity index (χ4n) is 5.20. The lowest BCUT2D eigenvalue weighted by Gasteiger charge is -2.36. The van der Waals surface area contributed by atoms with Gasteiger partial charge in [-0.3, -0.25) is 14.5 Å². The summed E-state index contributed by atoms with van der Waals surface area (Å²) in [7, 11) is 0. The highest BCUT2D eigenvalue weighted by Crippen LogP contribution is 2.28. The highest BCUT2D eigenvalue weighted by Gasteiger charge is 2.26. The number of aromatic nitrogens is 1. The number of anilines is 2. The summed E-state index contributed by atoms with van der Waals surface area (Å²) >= 11 is 0. The third kappa shape index (κ3) is 4.50. The van der Waals surface area contributed by atoms with Gasteiger partial charge < -0.3 is 20.5 Å². The van der Waals surface area contributed by atoms with Gasteiger partial charge in [-0.1, -0.05) is 12.1 Å². The number of carbonyl (C=O) groups excluding carboxylic acids is 1. The number of aromatic amines is 1. The van der Waals surface area contributed by atoms with E-state index in [1.165, 1.54) is 6.07 Å². The first kappa shape index (κ1) is 22.1. The second-order valence-corrected chi connectivity index (χ2v) is 9.89. The number of hydrogen-bond donors (Lipinski definition) is 3. The number of piperazine rings is 1. The van der Waals surface area contributed by atoms with Crippen molar-refractivity contribution in [1.82, 2.24) is 15.2 Å². The number of nitrogens with one attached hydrogen (secondary N) is 3. The first-order valence-corrected chi connectivity index (χ1v) is 12.5. The van der Waals surface area contributed by atoms with E-state index in [1.54, 1.807) is 6.07 Å². The molecule has 0 unspecified atom stereocenters. The molecule has 2 aliphatic heterocycles. The largest absolute Gasteiger partial charge is 0.384 e. The van der Waals surface area contributed by atoms with Crippen LogP contribution < -0.4 is 21.1 Å². The Balaban J connectivity index is 1.10. The number of hydrogen-bond acceptors (Lipinski definition) is 5. The summed E-state index contributed by atoms with van der Waals surface area (Å²) < 4.78 is 14.6. The molecule has 182 valence electrons. The summed E-state index contributed by atoms with van der Waals surface area (Å²) in [5.74, 6) is -0.792. The van der Waals surface area contributed by atoms with E-state index in [-0.39, 0.29) is 23.1 Å². The van der Waals surface area contributed by atoms with E-state index in [0.29, 0.717) is 0 Å². The maximum absolute atomic E-state index is 14.6. The predicted molar refractivity (Wildman–Crippen MR) is 136 cm³/mol.